The first-order valence-electron chi connectivity index (χ1n) is 22.5. The van der Waals surface area contributed by atoms with Gasteiger partial charge < -0.3 is 35.4 Å². The van der Waals surface area contributed by atoms with Gasteiger partial charge in [0.15, 0.2) is 11.9 Å². The molecule has 340 valence electrons. The predicted octanol–water partition coefficient (Wildman–Crippen LogP) is 5.73. The molecule has 1 spiro atoms. The lowest BCUT2D eigenvalue weighted by molar-refractivity contribution is -0.570. The quantitative estimate of drug-likeness (QED) is 0.165. The number of carbonyl (C=O) groups excluding carboxylic acids is 4. The third-order valence-electron chi connectivity index (χ3n) is 14.3. The fraction of sp³-hybridized carbons (Fsp3) is 0.604. The highest BCUT2D eigenvalue weighted by molar-refractivity contribution is 7.13. The first-order chi connectivity index (χ1) is 29.9. The number of amides is 4. The molecule has 11 unspecified atom stereocenters. The molecular formula is C48H63N5O9S. The van der Waals surface area contributed by atoms with Crippen LogP contribution in [-0.4, -0.2) is 87.1 Å². The van der Waals surface area contributed by atoms with Crippen LogP contribution in [0.15, 0.2) is 54.0 Å². The van der Waals surface area contributed by atoms with E-state index in [0.717, 1.165) is 58.5 Å². The van der Waals surface area contributed by atoms with Crippen LogP contribution in [-0.2, 0) is 57.9 Å². The topological polar surface area (TPSA) is 178 Å². The van der Waals surface area contributed by atoms with Gasteiger partial charge in [-0.1, -0.05) is 83.1 Å². The third kappa shape index (κ3) is 9.32. The van der Waals surface area contributed by atoms with E-state index < -0.39 is 47.2 Å². The Morgan fingerprint density at radius 2 is 1.60 bits per heavy atom. The van der Waals surface area contributed by atoms with E-state index in [0.29, 0.717) is 12.5 Å². The molecule has 11 atom stereocenters. The highest BCUT2D eigenvalue weighted by Crippen LogP contribution is 2.60. The molecule has 6 heterocycles. The minimum absolute atomic E-state index is 0.00718. The molecule has 4 amide bonds. The van der Waals surface area contributed by atoms with E-state index in [1.54, 1.807) is 11.3 Å². The van der Waals surface area contributed by atoms with E-state index in [-0.39, 0.29) is 73.9 Å². The Morgan fingerprint density at radius 3 is 2.29 bits per heavy atom. The molecule has 0 radical (unpaired) electrons. The lowest BCUT2D eigenvalue weighted by Crippen LogP contribution is -2.70. The van der Waals surface area contributed by atoms with Crippen molar-refractivity contribution in [3.8, 4) is 10.4 Å². The van der Waals surface area contributed by atoms with Crippen molar-refractivity contribution >= 4 is 35.0 Å². The molecule has 6 aliphatic rings. The number of aliphatic hydroxyl groups is 1. The summed E-state index contributed by atoms with van der Waals surface area (Å²) in [4.78, 5) is 73.5. The van der Waals surface area contributed by atoms with E-state index in [1.807, 2.05) is 88.7 Å². The number of aromatic nitrogens is 1. The van der Waals surface area contributed by atoms with Gasteiger partial charge in [-0.2, -0.15) is 0 Å². The second kappa shape index (κ2) is 18.0. The summed E-state index contributed by atoms with van der Waals surface area (Å²) in [5.74, 6) is -1.18. The van der Waals surface area contributed by atoms with E-state index in [4.69, 9.17) is 19.2 Å². The number of hydrogen-bond acceptors (Lipinski definition) is 11. The van der Waals surface area contributed by atoms with E-state index in [2.05, 4.69) is 34.8 Å². The van der Waals surface area contributed by atoms with Crippen molar-refractivity contribution in [3.05, 3.63) is 76.4 Å². The molecule has 63 heavy (non-hydrogen) atoms. The second-order valence-electron chi connectivity index (χ2n) is 19.9. The van der Waals surface area contributed by atoms with E-state index in [1.165, 1.54) is 4.90 Å². The number of carbonyl (C=O) groups is 4. The fourth-order valence-corrected chi connectivity index (χ4v) is 11.4. The molecule has 15 heteroatoms. The molecule has 14 nitrogen and oxygen atoms in total. The maximum absolute atomic E-state index is 14.1. The minimum atomic E-state index is -0.944. The number of likely N-dealkylation sites (tertiary alicyclic amines) is 1. The molecule has 1 aliphatic carbocycles. The molecule has 1 saturated carbocycles. The SMILES string of the molecule is Cc1ncsc1-c1ccc(CNC(=O)C2CC(O)CN2C(=O)C(NC(=O)Cc2ccc(CNC(=O)CC3OC4OC5(C)CCC6C(C)CCC(C3C)C46OO5)cc2)C(C)(C)C)cc1. The summed E-state index contributed by atoms with van der Waals surface area (Å²) in [6.45, 7) is 14.4. The van der Waals surface area contributed by atoms with Crippen LogP contribution >= 0.6 is 11.3 Å². The molecule has 9 rings (SSSR count). The number of fused-ring (bicyclic) bond motifs is 2. The van der Waals surface area contributed by atoms with Crippen molar-refractivity contribution < 1.29 is 43.5 Å². The Hall–Kier alpha value is -4.25. The number of aryl methyl sites for hydroxylation is 1. The summed E-state index contributed by atoms with van der Waals surface area (Å²) in [6, 6.07) is 13.5. The largest absolute Gasteiger partial charge is 0.391 e. The van der Waals surface area contributed by atoms with Crippen molar-refractivity contribution in [3.63, 3.8) is 0 Å². The molecule has 4 N–H and O–H groups in total. The number of β-amino-alcohol motifs (C(OH)–C–C–N with tert-alkyl or cyclic N) is 1. The van der Waals surface area contributed by atoms with Crippen LogP contribution in [0.1, 0.15) is 102 Å². The fourth-order valence-electron chi connectivity index (χ4n) is 10.6. The Bertz CT molecular complexity index is 2160. The molecule has 5 aliphatic heterocycles. The number of rotatable bonds is 12. The zero-order valence-electron chi connectivity index (χ0n) is 37.5. The molecule has 6 fully saturated rings. The molecule has 3 aromatic rings. The van der Waals surface area contributed by atoms with Gasteiger partial charge in [0, 0.05) is 38.4 Å². The van der Waals surface area contributed by atoms with Gasteiger partial charge in [-0.15, -0.1) is 11.3 Å². The maximum atomic E-state index is 14.1. The minimum Gasteiger partial charge on any atom is -0.391 e. The molecule has 2 bridgehead atoms. The lowest BCUT2D eigenvalue weighted by Gasteiger charge is -2.60. The van der Waals surface area contributed by atoms with Gasteiger partial charge in [0.1, 0.15) is 12.1 Å². The van der Waals surface area contributed by atoms with E-state index in [9.17, 15) is 24.3 Å². The van der Waals surface area contributed by atoms with Gasteiger partial charge in [0.25, 0.3) is 0 Å². The summed E-state index contributed by atoms with van der Waals surface area (Å²) in [6.07, 6.45) is 2.27. The lowest BCUT2D eigenvalue weighted by atomic mass is 9.57. The molecular weight excluding hydrogens is 823 g/mol. The van der Waals surface area contributed by atoms with Gasteiger partial charge >= 0.3 is 0 Å². The van der Waals surface area contributed by atoms with Crippen molar-refractivity contribution in [2.75, 3.05) is 6.54 Å². The van der Waals surface area contributed by atoms with Gasteiger partial charge in [0.2, 0.25) is 29.4 Å². The van der Waals surface area contributed by atoms with Crippen LogP contribution in [0.4, 0.5) is 0 Å². The third-order valence-corrected chi connectivity index (χ3v) is 15.2. The molecule has 2 aromatic carbocycles. The predicted molar refractivity (Wildman–Crippen MR) is 235 cm³/mol. The van der Waals surface area contributed by atoms with Crippen molar-refractivity contribution in [2.45, 2.75) is 148 Å². The summed E-state index contributed by atoms with van der Waals surface area (Å²) in [7, 11) is 0. The molecule has 1 aromatic heterocycles. The van der Waals surface area contributed by atoms with Crippen LogP contribution in [0.2, 0.25) is 0 Å². The number of hydrogen-bond donors (Lipinski definition) is 4. The highest BCUT2D eigenvalue weighted by Gasteiger charge is 2.69. The van der Waals surface area contributed by atoms with Gasteiger partial charge in [-0.05, 0) is 78.5 Å². The normalized spacial score (nSPS) is 31.7. The van der Waals surface area contributed by atoms with Crippen LogP contribution in [0.5, 0.6) is 0 Å². The van der Waals surface area contributed by atoms with Crippen molar-refractivity contribution in [1.29, 1.82) is 0 Å². The standard InChI is InChI=1S/C48H63N5O9S/c1-27-8-17-36-28(2)38(59-45-48(36)35(27)18-19-47(7,60-45)61-62-48)22-39(55)49-23-31-11-9-30(10-12-31)20-40(56)52-42(46(4,5)6)44(58)53-25-34(54)21-37(53)43(57)50-24-32-13-15-33(16-14-32)41-29(3)51-26-63-41/h9-16,26-28,34-38,42,45,54H,8,17-25H2,1-7H3,(H,49,55)(H,50,57)(H,52,56). The first kappa shape index (κ1) is 45.3. The summed E-state index contributed by atoms with van der Waals surface area (Å²) in [5.41, 5.74) is 4.99. The zero-order chi connectivity index (χ0) is 44.8. The van der Waals surface area contributed by atoms with E-state index >= 15 is 0 Å². The van der Waals surface area contributed by atoms with Crippen molar-refractivity contribution in [2.24, 2.45) is 29.1 Å². The number of aliphatic hydroxyl groups excluding tert-OH is 1. The number of nitrogens with zero attached hydrogens (tertiary/aromatic N) is 2. The Balaban J connectivity index is 0.825. The number of ether oxygens (including phenoxy) is 2. The van der Waals surface area contributed by atoms with Gasteiger partial charge in [-0.25, -0.2) is 14.8 Å². The monoisotopic (exact) mass is 885 g/mol. The first-order valence-corrected chi connectivity index (χ1v) is 23.4. The van der Waals surface area contributed by atoms with Gasteiger partial charge in [-0.3, -0.25) is 19.2 Å². The average Bonchev–Trinajstić information content (AvgIpc) is 3.79. The average molecular weight is 886 g/mol. The Labute approximate surface area is 374 Å². The van der Waals surface area contributed by atoms with Crippen LogP contribution in [0.25, 0.3) is 10.4 Å². The Kier molecular flexibility index (Phi) is 12.9. The number of thiazole rings is 1. The smallest absolute Gasteiger partial charge is 0.246 e. The Morgan fingerprint density at radius 1 is 0.921 bits per heavy atom. The van der Waals surface area contributed by atoms with Crippen LogP contribution < -0.4 is 16.0 Å². The summed E-state index contributed by atoms with van der Waals surface area (Å²) in [5, 5.41) is 19.6. The second-order valence-corrected chi connectivity index (χ2v) is 20.7. The summed E-state index contributed by atoms with van der Waals surface area (Å²) >= 11 is 1.58. The highest BCUT2D eigenvalue weighted by atomic mass is 32.1. The maximum Gasteiger partial charge on any atom is 0.246 e. The number of benzene rings is 2. The zero-order valence-corrected chi connectivity index (χ0v) is 38.3. The summed E-state index contributed by atoms with van der Waals surface area (Å²) < 4.78 is 13.1. The number of nitrogens with one attached hydrogen (secondary N) is 3. The van der Waals surface area contributed by atoms with Gasteiger partial charge in [0.05, 0.1) is 41.1 Å². The molecule has 5 saturated heterocycles. The van der Waals surface area contributed by atoms with Crippen molar-refractivity contribution in [1.82, 2.24) is 25.8 Å². The van der Waals surface area contributed by atoms with Crippen LogP contribution in [0, 0.1) is 36.0 Å². The van der Waals surface area contributed by atoms with Crippen LogP contribution in [0.3, 0.4) is 0 Å².